The molecule has 0 aliphatic heterocycles. The van der Waals surface area contributed by atoms with Gasteiger partial charge in [0.1, 0.15) is 6.61 Å². The minimum Gasteiger partial charge on any atom is -0.498 e. The number of hydrogen-bond donors (Lipinski definition) is 2. The van der Waals surface area contributed by atoms with E-state index in [-0.39, 0.29) is 13.2 Å². The number of aliphatic hydroxyl groups is 1. The van der Waals surface area contributed by atoms with Crippen LogP contribution in [0.25, 0.3) is 0 Å². The number of carbonyl (C=O) groups excluding carboxylic acids is 1. The van der Waals surface area contributed by atoms with Crippen molar-refractivity contribution in [2.45, 2.75) is 6.92 Å². The van der Waals surface area contributed by atoms with E-state index in [2.05, 4.69) is 0 Å². The van der Waals surface area contributed by atoms with Gasteiger partial charge in [-0.25, -0.2) is 0 Å². The smallest absolute Gasteiger partial charge is 0.247 e. The summed E-state index contributed by atoms with van der Waals surface area (Å²) >= 11 is 0. The van der Waals surface area contributed by atoms with Gasteiger partial charge in [0.05, 0.1) is 12.9 Å². The summed E-state index contributed by atoms with van der Waals surface area (Å²) in [5.41, 5.74) is 5.21. The van der Waals surface area contributed by atoms with Gasteiger partial charge in [-0.05, 0) is 6.92 Å². The molecule has 0 bridgehead atoms. The van der Waals surface area contributed by atoms with Crippen LogP contribution in [0.3, 0.4) is 0 Å². The lowest BCUT2D eigenvalue weighted by Crippen LogP contribution is -2.12. The van der Waals surface area contributed by atoms with Crippen LogP contribution >= 0.6 is 0 Å². The topological polar surface area (TPSA) is 72.6 Å². The number of hydrogen-bond acceptors (Lipinski definition) is 3. The molecule has 0 saturated heterocycles. The number of aliphatic hydroxyl groups excluding tert-OH is 1. The van der Waals surface area contributed by atoms with E-state index in [0.717, 1.165) is 0 Å². The third kappa shape index (κ3) is 3.91. The minimum absolute atomic E-state index is 0.0669. The van der Waals surface area contributed by atoms with Crippen molar-refractivity contribution in [1.29, 1.82) is 0 Å². The van der Waals surface area contributed by atoms with Crippen molar-refractivity contribution in [3.8, 4) is 0 Å². The molecular weight excluding hydrogens is 134 g/mol. The highest BCUT2D eigenvalue weighted by Gasteiger charge is 1.94. The van der Waals surface area contributed by atoms with Gasteiger partial charge in [-0.2, -0.15) is 0 Å². The Hall–Kier alpha value is -1.03. The summed E-state index contributed by atoms with van der Waals surface area (Å²) in [6.07, 6.45) is 1.23. The second kappa shape index (κ2) is 4.81. The predicted octanol–water partition coefficient (Wildman–Crippen LogP) is -0.616. The van der Waals surface area contributed by atoms with Gasteiger partial charge in [-0.15, -0.1) is 0 Å². The monoisotopic (exact) mass is 145 g/mol. The molecule has 4 nitrogen and oxygen atoms in total. The van der Waals surface area contributed by atoms with E-state index in [1.165, 1.54) is 6.26 Å². The van der Waals surface area contributed by atoms with Crippen molar-refractivity contribution < 1.29 is 14.6 Å². The molecule has 0 aromatic rings. The highest BCUT2D eigenvalue weighted by molar-refractivity contribution is 5.90. The third-order valence-corrected chi connectivity index (χ3v) is 0.858. The van der Waals surface area contributed by atoms with Crippen LogP contribution in [0.4, 0.5) is 0 Å². The molecule has 0 aromatic heterocycles. The van der Waals surface area contributed by atoms with E-state index in [1.807, 2.05) is 0 Å². The number of primary amides is 1. The summed E-state index contributed by atoms with van der Waals surface area (Å²) in [7, 11) is 0. The van der Waals surface area contributed by atoms with Gasteiger partial charge in [0.2, 0.25) is 5.91 Å². The molecule has 0 atom stereocenters. The summed E-state index contributed by atoms with van der Waals surface area (Å²) in [4.78, 5) is 10.3. The highest BCUT2D eigenvalue weighted by atomic mass is 16.5. The fourth-order valence-electron chi connectivity index (χ4n) is 0.295. The van der Waals surface area contributed by atoms with E-state index in [4.69, 9.17) is 15.6 Å². The SMILES string of the molecule is CC(=COCCO)C(N)=O. The van der Waals surface area contributed by atoms with Crippen LogP contribution < -0.4 is 5.73 Å². The minimum atomic E-state index is -0.516. The molecule has 0 fully saturated rings. The average molecular weight is 145 g/mol. The average Bonchev–Trinajstić information content (AvgIpc) is 1.88. The second-order valence-corrected chi connectivity index (χ2v) is 1.76. The summed E-state index contributed by atoms with van der Waals surface area (Å²) < 4.78 is 4.69. The van der Waals surface area contributed by atoms with Crippen LogP contribution in [-0.4, -0.2) is 24.2 Å². The van der Waals surface area contributed by atoms with Crippen molar-refractivity contribution in [2.24, 2.45) is 5.73 Å². The Morgan fingerprint density at radius 2 is 2.40 bits per heavy atom. The van der Waals surface area contributed by atoms with Gasteiger partial charge < -0.3 is 15.6 Å². The Morgan fingerprint density at radius 1 is 1.80 bits per heavy atom. The lowest BCUT2D eigenvalue weighted by Gasteiger charge is -1.96. The molecule has 0 rings (SSSR count). The molecule has 0 aromatic carbocycles. The van der Waals surface area contributed by atoms with Gasteiger partial charge >= 0.3 is 0 Å². The van der Waals surface area contributed by atoms with E-state index < -0.39 is 5.91 Å². The highest BCUT2D eigenvalue weighted by Crippen LogP contribution is 1.89. The van der Waals surface area contributed by atoms with E-state index in [0.29, 0.717) is 5.57 Å². The Bertz CT molecular complexity index is 142. The van der Waals surface area contributed by atoms with Crippen molar-refractivity contribution in [1.82, 2.24) is 0 Å². The number of carbonyl (C=O) groups is 1. The summed E-state index contributed by atoms with van der Waals surface area (Å²) in [6, 6.07) is 0. The first-order chi connectivity index (χ1) is 4.68. The summed E-state index contributed by atoms with van der Waals surface area (Å²) in [6.45, 7) is 1.66. The predicted molar refractivity (Wildman–Crippen MR) is 36.0 cm³/mol. The molecule has 0 spiro atoms. The molecule has 0 aliphatic carbocycles. The zero-order valence-electron chi connectivity index (χ0n) is 5.83. The maximum Gasteiger partial charge on any atom is 0.247 e. The van der Waals surface area contributed by atoms with Gasteiger partial charge in [0.25, 0.3) is 0 Å². The molecule has 58 valence electrons. The third-order valence-electron chi connectivity index (χ3n) is 0.858. The van der Waals surface area contributed by atoms with Crippen molar-refractivity contribution >= 4 is 5.91 Å². The Balaban J connectivity index is 3.58. The number of ether oxygens (including phenoxy) is 1. The number of amides is 1. The summed E-state index contributed by atoms with van der Waals surface area (Å²) in [5, 5.41) is 8.25. The first kappa shape index (κ1) is 8.97. The standard InChI is InChI=1S/C6H11NO3/c1-5(6(7)9)4-10-3-2-8/h4,8H,2-3H2,1H3,(H2,7,9). The molecule has 1 amide bonds. The second-order valence-electron chi connectivity index (χ2n) is 1.76. The maximum absolute atomic E-state index is 10.3. The Labute approximate surface area is 59.3 Å². The van der Waals surface area contributed by atoms with E-state index >= 15 is 0 Å². The first-order valence-electron chi connectivity index (χ1n) is 2.87. The number of nitrogens with two attached hydrogens (primary N) is 1. The molecule has 10 heavy (non-hydrogen) atoms. The van der Waals surface area contributed by atoms with Crippen LogP contribution in [0.2, 0.25) is 0 Å². The molecular formula is C6H11NO3. The van der Waals surface area contributed by atoms with Crippen molar-refractivity contribution in [2.75, 3.05) is 13.2 Å². The zero-order valence-corrected chi connectivity index (χ0v) is 5.83. The Kier molecular flexibility index (Phi) is 4.32. The van der Waals surface area contributed by atoms with Gasteiger partial charge in [0.15, 0.2) is 0 Å². The molecule has 0 unspecified atom stereocenters. The molecule has 0 radical (unpaired) electrons. The lowest BCUT2D eigenvalue weighted by atomic mass is 10.3. The normalized spacial score (nSPS) is 11.2. The van der Waals surface area contributed by atoms with Crippen LogP contribution in [0.15, 0.2) is 11.8 Å². The fourth-order valence-corrected chi connectivity index (χ4v) is 0.295. The van der Waals surface area contributed by atoms with Gasteiger partial charge in [-0.3, -0.25) is 4.79 Å². The zero-order chi connectivity index (χ0) is 7.98. The Morgan fingerprint density at radius 3 is 2.80 bits per heavy atom. The quantitative estimate of drug-likeness (QED) is 0.315. The van der Waals surface area contributed by atoms with Crippen molar-refractivity contribution in [3.05, 3.63) is 11.8 Å². The molecule has 4 heteroatoms. The fraction of sp³-hybridized carbons (Fsp3) is 0.500. The van der Waals surface area contributed by atoms with Crippen LogP contribution in [-0.2, 0) is 9.53 Å². The maximum atomic E-state index is 10.3. The summed E-state index contributed by atoms with van der Waals surface area (Å²) in [5.74, 6) is -0.516. The van der Waals surface area contributed by atoms with Crippen LogP contribution in [0, 0.1) is 0 Å². The lowest BCUT2D eigenvalue weighted by molar-refractivity contribution is -0.114. The first-order valence-corrected chi connectivity index (χ1v) is 2.87. The van der Waals surface area contributed by atoms with Crippen LogP contribution in [0.1, 0.15) is 6.92 Å². The van der Waals surface area contributed by atoms with Gasteiger partial charge in [0, 0.05) is 5.57 Å². The largest absolute Gasteiger partial charge is 0.498 e. The number of rotatable bonds is 4. The van der Waals surface area contributed by atoms with Crippen molar-refractivity contribution in [3.63, 3.8) is 0 Å². The molecule has 0 saturated carbocycles. The van der Waals surface area contributed by atoms with E-state index in [1.54, 1.807) is 6.92 Å². The van der Waals surface area contributed by atoms with Gasteiger partial charge in [-0.1, -0.05) is 0 Å². The molecule has 0 heterocycles. The molecule has 3 N–H and O–H groups in total. The van der Waals surface area contributed by atoms with Crippen LogP contribution in [0.5, 0.6) is 0 Å². The van der Waals surface area contributed by atoms with E-state index in [9.17, 15) is 4.79 Å². The molecule has 0 aliphatic rings.